The maximum atomic E-state index is 5.59. The monoisotopic (exact) mass is 283 g/mol. The number of rotatable bonds is 6. The minimum absolute atomic E-state index is 0.464. The Bertz CT molecular complexity index is 350. The van der Waals surface area contributed by atoms with E-state index in [1.165, 1.54) is 0 Å². The second-order valence-electron chi connectivity index (χ2n) is 3.89. The molecule has 1 aromatic rings. The topological polar surface area (TPSA) is 21.3 Å². The molecule has 0 spiro atoms. The third-order valence-corrected chi connectivity index (χ3v) is 2.57. The van der Waals surface area contributed by atoms with Crippen LogP contribution in [0, 0.1) is 0 Å². The number of ether oxygens (including phenoxy) is 1. The lowest BCUT2D eigenvalue weighted by molar-refractivity contribution is 0.357. The summed E-state index contributed by atoms with van der Waals surface area (Å²) in [6.07, 6.45) is 1.75. The Kier molecular flexibility index (Phi) is 5.56. The van der Waals surface area contributed by atoms with E-state index in [-0.39, 0.29) is 0 Å². The summed E-state index contributed by atoms with van der Waals surface area (Å²) in [5, 5.41) is 3.38. The molecule has 0 unspecified atom stereocenters. The normalized spacial score (nSPS) is 10.5. The summed E-state index contributed by atoms with van der Waals surface area (Å²) in [7, 11) is 0. The molecule has 1 rings (SSSR count). The largest absolute Gasteiger partial charge is 0.489 e. The third-order valence-electron chi connectivity index (χ3n) is 2.08. The summed E-state index contributed by atoms with van der Waals surface area (Å²) in [6, 6.07) is 6.50. The summed E-state index contributed by atoms with van der Waals surface area (Å²) in [6.45, 7) is 9.25. The maximum absolute atomic E-state index is 5.59. The minimum Gasteiger partial charge on any atom is -0.489 e. The van der Waals surface area contributed by atoms with Crippen molar-refractivity contribution in [3.05, 3.63) is 40.9 Å². The van der Waals surface area contributed by atoms with Crippen LogP contribution in [-0.4, -0.2) is 12.6 Å². The lowest BCUT2D eigenvalue weighted by atomic mass is 10.2. The van der Waals surface area contributed by atoms with Crippen LogP contribution in [0.1, 0.15) is 19.4 Å². The van der Waals surface area contributed by atoms with Gasteiger partial charge in [0.15, 0.2) is 0 Å². The third kappa shape index (κ3) is 4.37. The van der Waals surface area contributed by atoms with Gasteiger partial charge in [-0.05, 0) is 18.2 Å². The molecule has 0 radical (unpaired) electrons. The molecule has 3 heteroatoms. The number of benzene rings is 1. The Morgan fingerprint density at radius 1 is 1.50 bits per heavy atom. The first kappa shape index (κ1) is 13.3. The van der Waals surface area contributed by atoms with Gasteiger partial charge in [0, 0.05) is 22.6 Å². The number of hydrogen-bond acceptors (Lipinski definition) is 2. The van der Waals surface area contributed by atoms with Gasteiger partial charge in [-0.3, -0.25) is 0 Å². The maximum Gasteiger partial charge on any atom is 0.124 e. The van der Waals surface area contributed by atoms with E-state index in [0.29, 0.717) is 12.6 Å². The van der Waals surface area contributed by atoms with Crippen molar-refractivity contribution in [2.75, 3.05) is 6.61 Å². The number of hydrogen-bond donors (Lipinski definition) is 1. The second kappa shape index (κ2) is 6.71. The highest BCUT2D eigenvalue weighted by Gasteiger charge is 2.04. The average Bonchev–Trinajstić information content (AvgIpc) is 2.25. The molecule has 16 heavy (non-hydrogen) atoms. The number of halogens is 1. The fourth-order valence-corrected chi connectivity index (χ4v) is 1.70. The molecule has 0 saturated heterocycles. The Morgan fingerprint density at radius 2 is 2.25 bits per heavy atom. The SMILES string of the molecule is C=CCOc1ccc(Br)cc1CNC(C)C. The highest BCUT2D eigenvalue weighted by atomic mass is 79.9. The van der Waals surface area contributed by atoms with Crippen LogP contribution < -0.4 is 10.1 Å². The minimum atomic E-state index is 0.464. The van der Waals surface area contributed by atoms with Crippen LogP contribution in [0.25, 0.3) is 0 Å². The Morgan fingerprint density at radius 3 is 2.88 bits per heavy atom. The Hall–Kier alpha value is -0.800. The molecule has 1 aromatic carbocycles. The van der Waals surface area contributed by atoms with E-state index < -0.39 is 0 Å². The van der Waals surface area contributed by atoms with Gasteiger partial charge in [-0.1, -0.05) is 42.4 Å². The van der Waals surface area contributed by atoms with E-state index in [4.69, 9.17) is 4.74 Å². The first-order valence-electron chi connectivity index (χ1n) is 5.39. The van der Waals surface area contributed by atoms with Crippen molar-refractivity contribution in [3.8, 4) is 5.75 Å². The van der Waals surface area contributed by atoms with Crippen molar-refractivity contribution in [2.45, 2.75) is 26.4 Å². The van der Waals surface area contributed by atoms with Crippen molar-refractivity contribution < 1.29 is 4.74 Å². The summed E-state index contributed by atoms with van der Waals surface area (Å²) in [5.41, 5.74) is 1.16. The first-order valence-corrected chi connectivity index (χ1v) is 6.18. The van der Waals surface area contributed by atoms with E-state index in [1.807, 2.05) is 12.1 Å². The quantitative estimate of drug-likeness (QED) is 0.807. The average molecular weight is 284 g/mol. The molecule has 0 aromatic heterocycles. The fraction of sp³-hybridized carbons (Fsp3) is 0.385. The lowest BCUT2D eigenvalue weighted by Gasteiger charge is -2.13. The van der Waals surface area contributed by atoms with Gasteiger partial charge in [-0.25, -0.2) is 0 Å². The summed E-state index contributed by atoms with van der Waals surface area (Å²) < 4.78 is 6.66. The van der Waals surface area contributed by atoms with Crippen LogP contribution in [0.5, 0.6) is 5.75 Å². The van der Waals surface area contributed by atoms with Crippen LogP contribution in [0.2, 0.25) is 0 Å². The standard InChI is InChI=1S/C13H18BrNO/c1-4-7-16-13-6-5-12(14)8-11(13)9-15-10(2)3/h4-6,8,10,15H,1,7,9H2,2-3H3. The van der Waals surface area contributed by atoms with Gasteiger partial charge in [0.05, 0.1) is 0 Å². The van der Waals surface area contributed by atoms with Crippen molar-refractivity contribution in [1.82, 2.24) is 5.32 Å². The van der Waals surface area contributed by atoms with Gasteiger partial charge in [-0.2, -0.15) is 0 Å². The van der Waals surface area contributed by atoms with Crippen molar-refractivity contribution in [3.63, 3.8) is 0 Å². The highest BCUT2D eigenvalue weighted by Crippen LogP contribution is 2.23. The van der Waals surface area contributed by atoms with Crippen molar-refractivity contribution in [2.24, 2.45) is 0 Å². The van der Waals surface area contributed by atoms with Gasteiger partial charge < -0.3 is 10.1 Å². The molecule has 0 amide bonds. The predicted octanol–water partition coefficient (Wildman–Crippen LogP) is 3.51. The molecular weight excluding hydrogens is 266 g/mol. The zero-order valence-electron chi connectivity index (χ0n) is 9.79. The van der Waals surface area contributed by atoms with Crippen LogP contribution in [0.3, 0.4) is 0 Å². The van der Waals surface area contributed by atoms with Crippen LogP contribution in [0.15, 0.2) is 35.3 Å². The fourth-order valence-electron chi connectivity index (χ4n) is 1.29. The number of nitrogens with one attached hydrogen (secondary N) is 1. The highest BCUT2D eigenvalue weighted by molar-refractivity contribution is 9.10. The molecule has 1 N–H and O–H groups in total. The molecule has 0 atom stereocenters. The molecule has 0 saturated carbocycles. The predicted molar refractivity (Wildman–Crippen MR) is 71.8 cm³/mol. The molecule has 0 fully saturated rings. The van der Waals surface area contributed by atoms with Crippen molar-refractivity contribution >= 4 is 15.9 Å². The first-order chi connectivity index (χ1) is 7.63. The lowest BCUT2D eigenvalue weighted by Crippen LogP contribution is -2.22. The molecule has 2 nitrogen and oxygen atoms in total. The second-order valence-corrected chi connectivity index (χ2v) is 4.80. The van der Waals surface area contributed by atoms with E-state index in [9.17, 15) is 0 Å². The summed E-state index contributed by atoms with van der Waals surface area (Å²) in [4.78, 5) is 0. The van der Waals surface area contributed by atoms with E-state index in [2.05, 4.69) is 47.7 Å². The Balaban J connectivity index is 2.76. The van der Waals surface area contributed by atoms with Crippen LogP contribution in [-0.2, 0) is 6.54 Å². The van der Waals surface area contributed by atoms with E-state index in [1.54, 1.807) is 6.08 Å². The van der Waals surface area contributed by atoms with Gasteiger partial charge >= 0.3 is 0 Å². The van der Waals surface area contributed by atoms with Gasteiger partial charge in [0.1, 0.15) is 12.4 Å². The summed E-state index contributed by atoms with van der Waals surface area (Å²) in [5.74, 6) is 0.913. The molecule has 0 aliphatic heterocycles. The van der Waals surface area contributed by atoms with E-state index >= 15 is 0 Å². The van der Waals surface area contributed by atoms with Gasteiger partial charge in [0.25, 0.3) is 0 Å². The van der Waals surface area contributed by atoms with E-state index in [0.717, 1.165) is 22.3 Å². The van der Waals surface area contributed by atoms with Crippen LogP contribution in [0.4, 0.5) is 0 Å². The molecule has 88 valence electrons. The zero-order chi connectivity index (χ0) is 12.0. The zero-order valence-corrected chi connectivity index (χ0v) is 11.4. The van der Waals surface area contributed by atoms with Crippen LogP contribution >= 0.6 is 15.9 Å². The van der Waals surface area contributed by atoms with Gasteiger partial charge in [0.2, 0.25) is 0 Å². The summed E-state index contributed by atoms with van der Waals surface area (Å²) >= 11 is 3.47. The molecule has 0 bridgehead atoms. The molecule has 0 heterocycles. The molecule has 0 aliphatic carbocycles. The smallest absolute Gasteiger partial charge is 0.124 e. The molecular formula is C13H18BrNO. The van der Waals surface area contributed by atoms with Gasteiger partial charge in [-0.15, -0.1) is 0 Å². The Labute approximate surface area is 106 Å². The molecule has 0 aliphatic rings. The van der Waals surface area contributed by atoms with Crippen molar-refractivity contribution in [1.29, 1.82) is 0 Å².